The van der Waals surface area contributed by atoms with E-state index in [1.165, 1.54) is 5.56 Å². The summed E-state index contributed by atoms with van der Waals surface area (Å²) in [7, 11) is 0. The highest BCUT2D eigenvalue weighted by atomic mass is 32.2. The number of benzene rings is 1. The molecule has 2 amide bonds. The molecule has 0 saturated carbocycles. The summed E-state index contributed by atoms with van der Waals surface area (Å²) in [4.78, 5) is 25.2. The molecule has 4 nitrogen and oxygen atoms in total. The monoisotopic (exact) mass is 348 g/mol. The van der Waals surface area contributed by atoms with Gasteiger partial charge in [0.25, 0.3) is 0 Å². The van der Waals surface area contributed by atoms with Crippen LogP contribution in [-0.2, 0) is 16.0 Å². The maximum atomic E-state index is 12.1. The highest BCUT2D eigenvalue weighted by Gasteiger charge is 2.22. The number of aryl methyl sites for hydroxylation is 1. The zero-order valence-corrected chi connectivity index (χ0v) is 15.5. The van der Waals surface area contributed by atoms with E-state index in [4.69, 9.17) is 0 Å². The van der Waals surface area contributed by atoms with Gasteiger partial charge in [-0.1, -0.05) is 37.3 Å². The smallest absolute Gasteiger partial charge is 0.230 e. The molecule has 1 saturated heterocycles. The van der Waals surface area contributed by atoms with Crippen LogP contribution in [0.2, 0.25) is 0 Å². The molecule has 0 unspecified atom stereocenters. The summed E-state index contributed by atoms with van der Waals surface area (Å²) < 4.78 is 0. The van der Waals surface area contributed by atoms with E-state index in [1.807, 2.05) is 11.0 Å². The van der Waals surface area contributed by atoms with E-state index in [-0.39, 0.29) is 17.9 Å². The molecule has 0 spiro atoms. The van der Waals surface area contributed by atoms with Crippen LogP contribution in [0.1, 0.15) is 38.7 Å². The molecule has 0 aliphatic carbocycles. The van der Waals surface area contributed by atoms with Gasteiger partial charge in [-0.05, 0) is 31.2 Å². The number of hydrogen-bond acceptors (Lipinski definition) is 3. The van der Waals surface area contributed by atoms with Crippen molar-refractivity contribution in [2.75, 3.05) is 18.8 Å². The van der Waals surface area contributed by atoms with Gasteiger partial charge >= 0.3 is 0 Å². The summed E-state index contributed by atoms with van der Waals surface area (Å²) in [5.74, 6) is 0.762. The second-order valence-electron chi connectivity index (χ2n) is 6.49. The lowest BCUT2D eigenvalue weighted by atomic mass is 10.1. The minimum Gasteiger partial charge on any atom is -0.353 e. The molecule has 2 rings (SSSR count). The zero-order chi connectivity index (χ0) is 17.4. The average Bonchev–Trinajstić information content (AvgIpc) is 2.59. The molecule has 0 aromatic heterocycles. The number of hydrogen-bond donors (Lipinski definition) is 1. The molecule has 1 aromatic carbocycles. The number of carbonyl (C=O) groups excluding carboxylic acids is 2. The molecule has 0 radical (unpaired) electrons. The number of carbonyl (C=O) groups is 2. The molecule has 0 bridgehead atoms. The predicted octanol–water partition coefficient (Wildman–Crippen LogP) is 2.87. The van der Waals surface area contributed by atoms with E-state index in [1.54, 1.807) is 18.7 Å². The van der Waals surface area contributed by atoms with Gasteiger partial charge in [-0.15, -0.1) is 11.8 Å². The van der Waals surface area contributed by atoms with Gasteiger partial charge in [0.15, 0.2) is 0 Å². The summed E-state index contributed by atoms with van der Waals surface area (Å²) in [5.41, 5.74) is 1.35. The fourth-order valence-electron chi connectivity index (χ4n) is 2.92. The third-order valence-corrected chi connectivity index (χ3v) is 5.72. The van der Waals surface area contributed by atoms with Crippen molar-refractivity contribution in [3.63, 3.8) is 0 Å². The largest absolute Gasteiger partial charge is 0.353 e. The van der Waals surface area contributed by atoms with Gasteiger partial charge in [0.1, 0.15) is 0 Å². The van der Waals surface area contributed by atoms with Gasteiger partial charge in [0.05, 0.1) is 5.75 Å². The van der Waals surface area contributed by atoms with Crippen LogP contribution in [0.15, 0.2) is 30.3 Å². The van der Waals surface area contributed by atoms with Gasteiger partial charge in [0.2, 0.25) is 11.8 Å². The average molecular weight is 349 g/mol. The van der Waals surface area contributed by atoms with Crippen molar-refractivity contribution < 1.29 is 9.59 Å². The molecule has 1 aromatic rings. The Bertz CT molecular complexity index is 527. The van der Waals surface area contributed by atoms with Crippen molar-refractivity contribution in [2.45, 2.75) is 50.8 Å². The summed E-state index contributed by atoms with van der Waals surface area (Å²) in [6.07, 6.45) is 3.86. The fourth-order valence-corrected chi connectivity index (χ4v) is 3.73. The SMILES string of the molecule is CC(=O)N1CCC(NC(=O)CS[C@@H](C)CCc2ccccc2)CC1. The second-order valence-corrected chi connectivity index (χ2v) is 7.92. The highest BCUT2D eigenvalue weighted by molar-refractivity contribution is 8.00. The van der Waals surface area contributed by atoms with E-state index in [2.05, 4.69) is 36.5 Å². The maximum Gasteiger partial charge on any atom is 0.230 e. The maximum absolute atomic E-state index is 12.1. The number of thioether (sulfide) groups is 1. The van der Waals surface area contributed by atoms with E-state index in [0.29, 0.717) is 11.0 Å². The zero-order valence-electron chi connectivity index (χ0n) is 14.7. The Balaban J connectivity index is 1.60. The number of nitrogens with zero attached hydrogens (tertiary/aromatic N) is 1. The molecule has 1 fully saturated rings. The minimum atomic E-state index is 0.118. The predicted molar refractivity (Wildman–Crippen MR) is 100 cm³/mol. The Labute approximate surface area is 149 Å². The minimum absolute atomic E-state index is 0.118. The molecule has 1 N–H and O–H groups in total. The van der Waals surface area contributed by atoms with Crippen molar-refractivity contribution in [2.24, 2.45) is 0 Å². The first kappa shape index (κ1) is 18.8. The fraction of sp³-hybridized carbons (Fsp3) is 0.579. The van der Waals surface area contributed by atoms with Crippen molar-refractivity contribution in [3.05, 3.63) is 35.9 Å². The number of nitrogens with one attached hydrogen (secondary N) is 1. The van der Waals surface area contributed by atoms with Gasteiger partial charge < -0.3 is 10.2 Å². The van der Waals surface area contributed by atoms with Crippen LogP contribution in [0.4, 0.5) is 0 Å². The Morgan fingerprint density at radius 3 is 2.54 bits per heavy atom. The van der Waals surface area contributed by atoms with Crippen LogP contribution < -0.4 is 5.32 Å². The molecule has 1 heterocycles. The van der Waals surface area contributed by atoms with Crippen LogP contribution >= 0.6 is 11.8 Å². The lowest BCUT2D eigenvalue weighted by molar-refractivity contribution is -0.130. The van der Waals surface area contributed by atoms with Gasteiger partial charge in [-0.3, -0.25) is 9.59 Å². The lowest BCUT2D eigenvalue weighted by Crippen LogP contribution is -2.46. The van der Waals surface area contributed by atoms with Crippen LogP contribution in [0.3, 0.4) is 0 Å². The van der Waals surface area contributed by atoms with Crippen molar-refractivity contribution in [1.29, 1.82) is 0 Å². The summed E-state index contributed by atoms with van der Waals surface area (Å²) in [6.45, 7) is 5.29. The van der Waals surface area contributed by atoms with Gasteiger partial charge in [-0.2, -0.15) is 0 Å². The molecule has 1 atom stereocenters. The highest BCUT2D eigenvalue weighted by Crippen LogP contribution is 2.17. The normalized spacial score (nSPS) is 16.7. The standard InChI is InChI=1S/C19H28N2O2S/c1-15(8-9-17-6-4-3-5-7-17)24-14-19(23)20-18-10-12-21(13-11-18)16(2)22/h3-7,15,18H,8-14H2,1-2H3,(H,20,23)/t15-/m0/s1. The first-order valence-electron chi connectivity index (χ1n) is 8.75. The van der Waals surface area contributed by atoms with Crippen LogP contribution in [0, 0.1) is 0 Å². The van der Waals surface area contributed by atoms with Crippen molar-refractivity contribution in [3.8, 4) is 0 Å². The van der Waals surface area contributed by atoms with Crippen LogP contribution in [-0.4, -0.2) is 46.8 Å². The van der Waals surface area contributed by atoms with Crippen molar-refractivity contribution in [1.82, 2.24) is 10.2 Å². The number of likely N-dealkylation sites (tertiary alicyclic amines) is 1. The Kier molecular flexibility index (Phi) is 7.63. The molecule has 1 aliphatic heterocycles. The summed E-state index contributed by atoms with van der Waals surface area (Å²) >= 11 is 1.72. The third kappa shape index (κ3) is 6.56. The quantitative estimate of drug-likeness (QED) is 0.824. The topological polar surface area (TPSA) is 49.4 Å². The van der Waals surface area contributed by atoms with E-state index in [9.17, 15) is 9.59 Å². The Hall–Kier alpha value is -1.49. The van der Waals surface area contributed by atoms with Gasteiger partial charge in [0, 0.05) is 31.3 Å². The van der Waals surface area contributed by atoms with E-state index >= 15 is 0 Å². The van der Waals surface area contributed by atoms with E-state index in [0.717, 1.165) is 38.8 Å². The number of piperidine rings is 1. The lowest BCUT2D eigenvalue weighted by Gasteiger charge is -2.31. The Morgan fingerprint density at radius 1 is 1.25 bits per heavy atom. The van der Waals surface area contributed by atoms with E-state index < -0.39 is 0 Å². The van der Waals surface area contributed by atoms with Gasteiger partial charge in [-0.25, -0.2) is 0 Å². The number of amides is 2. The molecule has 1 aliphatic rings. The number of rotatable bonds is 7. The molecule has 5 heteroatoms. The molecule has 132 valence electrons. The van der Waals surface area contributed by atoms with Crippen LogP contribution in [0.5, 0.6) is 0 Å². The Morgan fingerprint density at radius 2 is 1.92 bits per heavy atom. The van der Waals surface area contributed by atoms with Crippen LogP contribution in [0.25, 0.3) is 0 Å². The van der Waals surface area contributed by atoms with Crippen molar-refractivity contribution >= 4 is 23.6 Å². The third-order valence-electron chi connectivity index (χ3n) is 4.49. The molecular formula is C19H28N2O2S. The molecule has 24 heavy (non-hydrogen) atoms. The second kappa shape index (κ2) is 9.72. The first-order chi connectivity index (χ1) is 11.5. The summed E-state index contributed by atoms with van der Waals surface area (Å²) in [6, 6.07) is 10.7. The molecular weight excluding hydrogens is 320 g/mol. The first-order valence-corrected chi connectivity index (χ1v) is 9.80. The summed E-state index contributed by atoms with van der Waals surface area (Å²) in [5, 5.41) is 3.58.